The SMILES string of the molecule is CCSCCCn1ccc(C=O)c1. The standard InChI is InChI=1S/C10H15NOS/c1-2-13-7-3-5-11-6-4-10(8-11)9-12/h4,6,8-9H,2-3,5,7H2,1H3. The van der Waals surface area contributed by atoms with Crippen LogP contribution in [-0.4, -0.2) is 22.4 Å². The number of rotatable bonds is 6. The molecule has 0 atom stereocenters. The molecule has 0 fully saturated rings. The fraction of sp³-hybridized carbons (Fsp3) is 0.500. The van der Waals surface area contributed by atoms with Gasteiger partial charge in [-0.2, -0.15) is 11.8 Å². The average molecular weight is 197 g/mol. The van der Waals surface area contributed by atoms with E-state index < -0.39 is 0 Å². The number of hydrogen-bond acceptors (Lipinski definition) is 2. The van der Waals surface area contributed by atoms with Gasteiger partial charge in [-0.1, -0.05) is 6.92 Å². The molecule has 3 heteroatoms. The molecule has 1 aromatic heterocycles. The summed E-state index contributed by atoms with van der Waals surface area (Å²) < 4.78 is 2.07. The van der Waals surface area contributed by atoms with E-state index in [1.807, 2.05) is 30.2 Å². The lowest BCUT2D eigenvalue weighted by atomic mass is 10.4. The van der Waals surface area contributed by atoms with Gasteiger partial charge in [-0.3, -0.25) is 4.79 Å². The van der Waals surface area contributed by atoms with E-state index in [1.165, 1.54) is 17.9 Å². The first-order chi connectivity index (χ1) is 6.36. The molecule has 0 spiro atoms. The van der Waals surface area contributed by atoms with Crippen molar-refractivity contribution in [2.45, 2.75) is 19.9 Å². The molecule has 0 unspecified atom stereocenters. The molecular weight excluding hydrogens is 182 g/mol. The molecule has 0 aliphatic rings. The summed E-state index contributed by atoms with van der Waals surface area (Å²) in [6, 6.07) is 1.85. The van der Waals surface area contributed by atoms with Gasteiger partial charge in [0.2, 0.25) is 0 Å². The number of aromatic nitrogens is 1. The zero-order valence-electron chi connectivity index (χ0n) is 7.90. The van der Waals surface area contributed by atoms with E-state index in [0.29, 0.717) is 0 Å². The molecule has 13 heavy (non-hydrogen) atoms. The lowest BCUT2D eigenvalue weighted by molar-refractivity contribution is 0.112. The molecule has 1 heterocycles. The summed E-state index contributed by atoms with van der Waals surface area (Å²) in [4.78, 5) is 10.4. The molecule has 72 valence electrons. The van der Waals surface area contributed by atoms with Crippen molar-refractivity contribution in [2.75, 3.05) is 11.5 Å². The van der Waals surface area contributed by atoms with Gasteiger partial charge in [-0.15, -0.1) is 0 Å². The van der Waals surface area contributed by atoms with Crippen LogP contribution in [0.2, 0.25) is 0 Å². The number of nitrogens with zero attached hydrogens (tertiary/aromatic N) is 1. The molecule has 0 N–H and O–H groups in total. The number of aldehydes is 1. The van der Waals surface area contributed by atoms with Crippen LogP contribution in [0.1, 0.15) is 23.7 Å². The number of thioether (sulfide) groups is 1. The minimum atomic E-state index is 0.767. The van der Waals surface area contributed by atoms with Crippen LogP contribution in [0.15, 0.2) is 18.5 Å². The van der Waals surface area contributed by atoms with Crippen molar-refractivity contribution in [1.29, 1.82) is 0 Å². The molecule has 0 saturated heterocycles. The summed E-state index contributed by atoms with van der Waals surface area (Å²) in [5, 5.41) is 0. The van der Waals surface area contributed by atoms with Crippen LogP contribution in [0, 0.1) is 0 Å². The Bertz CT molecular complexity index is 257. The van der Waals surface area contributed by atoms with E-state index >= 15 is 0 Å². The van der Waals surface area contributed by atoms with E-state index in [-0.39, 0.29) is 0 Å². The number of carbonyl (C=O) groups is 1. The second-order valence-electron chi connectivity index (χ2n) is 2.85. The molecular formula is C10H15NOS. The van der Waals surface area contributed by atoms with E-state index in [4.69, 9.17) is 0 Å². The predicted molar refractivity (Wildman–Crippen MR) is 57.4 cm³/mol. The molecule has 1 rings (SSSR count). The molecule has 0 bridgehead atoms. The van der Waals surface area contributed by atoms with Crippen LogP contribution < -0.4 is 0 Å². The number of carbonyl (C=O) groups excluding carboxylic acids is 1. The van der Waals surface area contributed by atoms with Crippen LogP contribution in [0.5, 0.6) is 0 Å². The van der Waals surface area contributed by atoms with Crippen molar-refractivity contribution < 1.29 is 4.79 Å². The number of aryl methyl sites for hydroxylation is 1. The summed E-state index contributed by atoms with van der Waals surface area (Å²) in [7, 11) is 0. The summed E-state index contributed by atoms with van der Waals surface area (Å²) in [5.74, 6) is 2.39. The molecule has 0 amide bonds. The van der Waals surface area contributed by atoms with Gasteiger partial charge in [0, 0.05) is 24.5 Å². The second kappa shape index (κ2) is 5.86. The van der Waals surface area contributed by atoms with Crippen LogP contribution in [0.3, 0.4) is 0 Å². The molecule has 0 aromatic carbocycles. The topological polar surface area (TPSA) is 22.0 Å². The highest BCUT2D eigenvalue weighted by molar-refractivity contribution is 7.99. The highest BCUT2D eigenvalue weighted by Gasteiger charge is 1.94. The molecule has 0 saturated carbocycles. The zero-order chi connectivity index (χ0) is 9.52. The highest BCUT2D eigenvalue weighted by atomic mass is 32.2. The third kappa shape index (κ3) is 3.68. The normalized spacial score (nSPS) is 10.2. The third-order valence-electron chi connectivity index (χ3n) is 1.82. The van der Waals surface area contributed by atoms with E-state index in [9.17, 15) is 4.79 Å². The Labute approximate surface area is 83.3 Å². The minimum absolute atomic E-state index is 0.767. The van der Waals surface area contributed by atoms with Gasteiger partial charge in [-0.05, 0) is 24.0 Å². The summed E-state index contributed by atoms with van der Waals surface area (Å²) in [6.07, 6.45) is 5.91. The maximum atomic E-state index is 10.4. The lowest BCUT2D eigenvalue weighted by Crippen LogP contribution is -1.95. The predicted octanol–water partition coefficient (Wildman–Crippen LogP) is 2.44. The van der Waals surface area contributed by atoms with E-state index in [0.717, 1.165) is 18.4 Å². The average Bonchev–Trinajstić information content (AvgIpc) is 2.60. The maximum Gasteiger partial charge on any atom is 0.151 e. The Morgan fingerprint density at radius 1 is 1.62 bits per heavy atom. The van der Waals surface area contributed by atoms with Gasteiger partial charge in [0.05, 0.1) is 0 Å². The molecule has 0 aliphatic carbocycles. The summed E-state index contributed by atoms with van der Waals surface area (Å²) in [5.41, 5.74) is 0.767. The van der Waals surface area contributed by atoms with Gasteiger partial charge in [0.1, 0.15) is 0 Å². The van der Waals surface area contributed by atoms with Crippen molar-refractivity contribution in [3.05, 3.63) is 24.0 Å². The number of hydrogen-bond donors (Lipinski definition) is 0. The van der Waals surface area contributed by atoms with Crippen LogP contribution in [0.25, 0.3) is 0 Å². The fourth-order valence-corrected chi connectivity index (χ4v) is 1.78. The van der Waals surface area contributed by atoms with Gasteiger partial charge in [0.25, 0.3) is 0 Å². The quantitative estimate of drug-likeness (QED) is 0.516. The fourth-order valence-electron chi connectivity index (χ4n) is 1.16. The van der Waals surface area contributed by atoms with Crippen molar-refractivity contribution in [3.63, 3.8) is 0 Å². The van der Waals surface area contributed by atoms with Gasteiger partial charge in [0.15, 0.2) is 6.29 Å². The van der Waals surface area contributed by atoms with Crippen LogP contribution in [0.4, 0.5) is 0 Å². The zero-order valence-corrected chi connectivity index (χ0v) is 8.72. The monoisotopic (exact) mass is 197 g/mol. The molecule has 1 aromatic rings. The molecule has 0 radical (unpaired) electrons. The van der Waals surface area contributed by atoms with Crippen molar-refractivity contribution in [3.8, 4) is 0 Å². The first-order valence-electron chi connectivity index (χ1n) is 4.55. The third-order valence-corrected chi connectivity index (χ3v) is 2.80. The highest BCUT2D eigenvalue weighted by Crippen LogP contribution is 2.04. The smallest absolute Gasteiger partial charge is 0.151 e. The maximum absolute atomic E-state index is 10.4. The Balaban J connectivity index is 2.24. The van der Waals surface area contributed by atoms with Crippen molar-refractivity contribution in [1.82, 2.24) is 4.57 Å². The van der Waals surface area contributed by atoms with Gasteiger partial charge >= 0.3 is 0 Å². The first kappa shape index (κ1) is 10.4. The Kier molecular flexibility index (Phi) is 4.68. The first-order valence-corrected chi connectivity index (χ1v) is 5.71. The molecule has 2 nitrogen and oxygen atoms in total. The summed E-state index contributed by atoms with van der Waals surface area (Å²) in [6.45, 7) is 3.19. The Morgan fingerprint density at radius 3 is 3.08 bits per heavy atom. The molecule has 0 aliphatic heterocycles. The van der Waals surface area contributed by atoms with Crippen LogP contribution in [-0.2, 0) is 6.54 Å². The van der Waals surface area contributed by atoms with E-state index in [1.54, 1.807) is 0 Å². The second-order valence-corrected chi connectivity index (χ2v) is 4.24. The summed E-state index contributed by atoms with van der Waals surface area (Å²) >= 11 is 1.96. The Morgan fingerprint density at radius 2 is 2.46 bits per heavy atom. The largest absolute Gasteiger partial charge is 0.353 e. The van der Waals surface area contributed by atoms with E-state index in [2.05, 4.69) is 11.5 Å². The van der Waals surface area contributed by atoms with Crippen molar-refractivity contribution >= 4 is 18.0 Å². The minimum Gasteiger partial charge on any atom is -0.353 e. The van der Waals surface area contributed by atoms with Gasteiger partial charge in [-0.25, -0.2) is 0 Å². The van der Waals surface area contributed by atoms with Crippen molar-refractivity contribution in [2.24, 2.45) is 0 Å². The lowest BCUT2D eigenvalue weighted by Gasteiger charge is -2.01. The van der Waals surface area contributed by atoms with Gasteiger partial charge < -0.3 is 4.57 Å². The van der Waals surface area contributed by atoms with Crippen LogP contribution >= 0.6 is 11.8 Å². The Hall–Kier alpha value is -0.700.